The summed E-state index contributed by atoms with van der Waals surface area (Å²) in [5.74, 6) is 1.52. The summed E-state index contributed by atoms with van der Waals surface area (Å²) in [5.41, 5.74) is 2.47. The topological polar surface area (TPSA) is 73.2 Å². The number of ketones is 1. The van der Waals surface area contributed by atoms with Gasteiger partial charge in [0.1, 0.15) is 11.6 Å². The first-order chi connectivity index (χ1) is 14.5. The predicted molar refractivity (Wildman–Crippen MR) is 118 cm³/mol. The fourth-order valence-electron chi connectivity index (χ4n) is 3.60. The highest BCUT2D eigenvalue weighted by molar-refractivity contribution is 5.96. The fourth-order valence-corrected chi connectivity index (χ4v) is 3.60. The number of nitrogens with one attached hydrogen (secondary N) is 1. The number of benzene rings is 2. The lowest BCUT2D eigenvalue weighted by Crippen LogP contribution is -2.24. The van der Waals surface area contributed by atoms with Crippen LogP contribution in [0, 0.1) is 0 Å². The van der Waals surface area contributed by atoms with Gasteiger partial charge in [-0.05, 0) is 51.0 Å². The Hall–Kier alpha value is -3.15. The standard InChI is InChI=1S/C24H29N3O3/c1-17(18(2)28)27-21-13-8-7-12-20(21)26-23(27)15-5-4-10-16-25-24(29)19-11-6-9-14-22(19)30-3/h6-9,11-14,17H,4-5,10,15-16H2,1-3H3,(H,25,29). The van der Waals surface area contributed by atoms with E-state index in [-0.39, 0.29) is 17.7 Å². The first-order valence-corrected chi connectivity index (χ1v) is 10.4. The summed E-state index contributed by atoms with van der Waals surface area (Å²) in [6.45, 7) is 4.15. The van der Waals surface area contributed by atoms with Crippen molar-refractivity contribution >= 4 is 22.7 Å². The molecule has 30 heavy (non-hydrogen) atoms. The molecule has 0 radical (unpaired) electrons. The number of hydrogen-bond donors (Lipinski definition) is 1. The van der Waals surface area contributed by atoms with Gasteiger partial charge in [0.2, 0.25) is 0 Å². The predicted octanol–water partition coefficient (Wildman–Crippen LogP) is 4.34. The third kappa shape index (κ3) is 4.87. The Kier molecular flexibility index (Phi) is 7.22. The van der Waals surface area contributed by atoms with E-state index in [0.717, 1.165) is 42.5 Å². The molecule has 3 rings (SSSR count). The van der Waals surface area contributed by atoms with E-state index in [1.807, 2.05) is 43.3 Å². The van der Waals surface area contributed by atoms with Crippen molar-refractivity contribution in [1.29, 1.82) is 0 Å². The number of methoxy groups -OCH3 is 1. The number of unbranched alkanes of at least 4 members (excludes halogenated alkanes) is 2. The highest BCUT2D eigenvalue weighted by Gasteiger charge is 2.18. The number of fused-ring (bicyclic) bond motifs is 1. The number of rotatable bonds is 10. The third-order valence-electron chi connectivity index (χ3n) is 5.36. The lowest BCUT2D eigenvalue weighted by atomic mass is 10.1. The van der Waals surface area contributed by atoms with Crippen molar-refractivity contribution in [1.82, 2.24) is 14.9 Å². The smallest absolute Gasteiger partial charge is 0.255 e. The van der Waals surface area contributed by atoms with Crippen molar-refractivity contribution in [3.8, 4) is 5.75 Å². The molecule has 0 saturated heterocycles. The van der Waals surface area contributed by atoms with E-state index in [0.29, 0.717) is 17.9 Å². The van der Waals surface area contributed by atoms with Crippen LogP contribution in [0.15, 0.2) is 48.5 Å². The number of imidazole rings is 1. The van der Waals surface area contributed by atoms with Gasteiger partial charge in [-0.2, -0.15) is 0 Å². The quantitative estimate of drug-likeness (QED) is 0.508. The van der Waals surface area contributed by atoms with E-state index in [1.54, 1.807) is 26.2 Å². The van der Waals surface area contributed by atoms with Crippen molar-refractivity contribution in [2.45, 2.75) is 45.6 Å². The van der Waals surface area contributed by atoms with Crippen LogP contribution in [0.25, 0.3) is 11.0 Å². The van der Waals surface area contributed by atoms with Gasteiger partial charge in [0.15, 0.2) is 5.78 Å². The number of carbonyl (C=O) groups is 2. The fraction of sp³-hybridized carbons (Fsp3) is 0.375. The second-order valence-electron chi connectivity index (χ2n) is 7.44. The number of aryl methyl sites for hydroxylation is 1. The van der Waals surface area contributed by atoms with Crippen LogP contribution >= 0.6 is 0 Å². The summed E-state index contributed by atoms with van der Waals surface area (Å²) in [5, 5.41) is 2.95. The van der Waals surface area contributed by atoms with Crippen LogP contribution in [-0.4, -0.2) is 34.9 Å². The molecule has 1 unspecified atom stereocenters. The Morgan fingerprint density at radius 1 is 1.07 bits per heavy atom. The number of nitrogens with zero attached hydrogens (tertiary/aromatic N) is 2. The maximum Gasteiger partial charge on any atom is 0.255 e. The molecule has 0 aliphatic rings. The molecule has 1 N–H and O–H groups in total. The van der Waals surface area contributed by atoms with Gasteiger partial charge >= 0.3 is 0 Å². The third-order valence-corrected chi connectivity index (χ3v) is 5.36. The van der Waals surface area contributed by atoms with Gasteiger partial charge in [-0.1, -0.05) is 30.7 Å². The number of ether oxygens (including phenoxy) is 1. The van der Waals surface area contributed by atoms with Crippen molar-refractivity contribution in [2.24, 2.45) is 0 Å². The number of carbonyl (C=O) groups excluding carboxylic acids is 2. The maximum atomic E-state index is 12.3. The summed E-state index contributed by atoms with van der Waals surface area (Å²) in [6, 6.07) is 14.9. The van der Waals surface area contributed by atoms with Crippen molar-refractivity contribution in [3.63, 3.8) is 0 Å². The Labute approximate surface area is 177 Å². The molecule has 0 fully saturated rings. The molecule has 0 aliphatic heterocycles. The Balaban J connectivity index is 1.52. The van der Waals surface area contributed by atoms with Gasteiger partial charge in [-0.25, -0.2) is 4.98 Å². The van der Waals surface area contributed by atoms with Crippen LogP contribution in [-0.2, 0) is 11.2 Å². The minimum atomic E-state index is -0.229. The van der Waals surface area contributed by atoms with Gasteiger partial charge in [0.05, 0.1) is 29.7 Å². The number of amides is 1. The molecule has 1 aromatic heterocycles. The van der Waals surface area contributed by atoms with Crippen molar-refractivity contribution in [2.75, 3.05) is 13.7 Å². The average molecular weight is 408 g/mol. The molecule has 1 heterocycles. The van der Waals surface area contributed by atoms with Gasteiger partial charge < -0.3 is 14.6 Å². The Morgan fingerprint density at radius 3 is 2.57 bits per heavy atom. The Bertz CT molecular complexity index is 1030. The van der Waals surface area contributed by atoms with E-state index in [9.17, 15) is 9.59 Å². The minimum Gasteiger partial charge on any atom is -0.496 e. The van der Waals surface area contributed by atoms with E-state index >= 15 is 0 Å². The first-order valence-electron chi connectivity index (χ1n) is 10.4. The zero-order valence-electron chi connectivity index (χ0n) is 17.9. The number of hydrogen-bond acceptors (Lipinski definition) is 4. The largest absolute Gasteiger partial charge is 0.496 e. The summed E-state index contributed by atoms with van der Waals surface area (Å²) >= 11 is 0. The molecule has 1 atom stereocenters. The number of aromatic nitrogens is 2. The van der Waals surface area contributed by atoms with Crippen LogP contribution in [0.3, 0.4) is 0 Å². The van der Waals surface area contributed by atoms with Gasteiger partial charge in [-0.15, -0.1) is 0 Å². The van der Waals surface area contributed by atoms with Crippen LogP contribution in [0.4, 0.5) is 0 Å². The average Bonchev–Trinajstić information content (AvgIpc) is 3.13. The second-order valence-corrected chi connectivity index (χ2v) is 7.44. The first kappa shape index (κ1) is 21.6. The Morgan fingerprint density at radius 2 is 1.80 bits per heavy atom. The molecule has 2 aromatic carbocycles. The van der Waals surface area contributed by atoms with Crippen LogP contribution in [0.1, 0.15) is 55.3 Å². The summed E-state index contributed by atoms with van der Waals surface area (Å²) < 4.78 is 7.30. The molecule has 0 bridgehead atoms. The van der Waals surface area contributed by atoms with Gasteiger partial charge in [-0.3, -0.25) is 9.59 Å². The summed E-state index contributed by atoms with van der Waals surface area (Å²) in [4.78, 5) is 29.1. The van der Waals surface area contributed by atoms with Gasteiger partial charge in [0.25, 0.3) is 5.91 Å². The molecule has 0 aliphatic carbocycles. The zero-order valence-corrected chi connectivity index (χ0v) is 17.9. The summed E-state index contributed by atoms with van der Waals surface area (Å²) in [7, 11) is 1.56. The maximum absolute atomic E-state index is 12.3. The lowest BCUT2D eigenvalue weighted by Gasteiger charge is -2.15. The van der Waals surface area contributed by atoms with Crippen molar-refractivity contribution in [3.05, 3.63) is 59.9 Å². The molecule has 0 saturated carbocycles. The monoisotopic (exact) mass is 407 g/mol. The molecule has 0 spiro atoms. The van der Waals surface area contributed by atoms with E-state index in [2.05, 4.69) is 9.88 Å². The molecule has 6 heteroatoms. The molecule has 1 amide bonds. The highest BCUT2D eigenvalue weighted by Crippen LogP contribution is 2.23. The van der Waals surface area contributed by atoms with E-state index < -0.39 is 0 Å². The molecular weight excluding hydrogens is 378 g/mol. The molecule has 6 nitrogen and oxygen atoms in total. The molecule has 3 aromatic rings. The van der Waals surface area contributed by atoms with Crippen molar-refractivity contribution < 1.29 is 14.3 Å². The second kappa shape index (κ2) is 10.1. The molecular formula is C24H29N3O3. The normalized spacial score (nSPS) is 12.0. The van der Waals surface area contributed by atoms with Gasteiger partial charge in [0, 0.05) is 13.0 Å². The van der Waals surface area contributed by atoms with E-state index in [4.69, 9.17) is 9.72 Å². The van der Waals surface area contributed by atoms with Crippen LogP contribution in [0.5, 0.6) is 5.75 Å². The van der Waals surface area contributed by atoms with Crippen LogP contribution in [0.2, 0.25) is 0 Å². The zero-order chi connectivity index (χ0) is 21.5. The number of Topliss-reactive ketones (excluding diaryl/α,β-unsaturated/α-hetero) is 1. The molecule has 158 valence electrons. The van der Waals surface area contributed by atoms with Crippen LogP contribution < -0.4 is 10.1 Å². The number of para-hydroxylation sites is 3. The van der Waals surface area contributed by atoms with E-state index in [1.165, 1.54) is 0 Å². The SMILES string of the molecule is COc1ccccc1C(=O)NCCCCCc1nc2ccccc2n1C(C)C(C)=O. The minimum absolute atomic E-state index is 0.121. The lowest BCUT2D eigenvalue weighted by molar-refractivity contribution is -0.119. The highest BCUT2D eigenvalue weighted by atomic mass is 16.5. The summed E-state index contributed by atoms with van der Waals surface area (Å²) in [6.07, 6.45) is 3.58.